The lowest BCUT2D eigenvalue weighted by molar-refractivity contribution is -0.125. The number of ether oxygens (including phenoxy) is 1. The number of esters is 1. The minimum Gasteiger partial charge on any atom is -0.452 e. The van der Waals surface area contributed by atoms with Gasteiger partial charge in [0.25, 0.3) is 5.91 Å². The van der Waals surface area contributed by atoms with Gasteiger partial charge in [-0.2, -0.15) is 0 Å². The van der Waals surface area contributed by atoms with E-state index in [-0.39, 0.29) is 40.0 Å². The lowest BCUT2D eigenvalue weighted by atomic mass is 9.78. The van der Waals surface area contributed by atoms with Crippen molar-refractivity contribution in [3.8, 4) is 0 Å². The van der Waals surface area contributed by atoms with Gasteiger partial charge in [0.1, 0.15) is 0 Å². The van der Waals surface area contributed by atoms with Crippen molar-refractivity contribution >= 4 is 23.4 Å². The van der Waals surface area contributed by atoms with E-state index >= 15 is 0 Å². The monoisotopic (exact) mass is 419 g/mol. The van der Waals surface area contributed by atoms with Crippen LogP contribution < -0.4 is 5.32 Å². The highest BCUT2D eigenvalue weighted by Crippen LogP contribution is 2.30. The molecule has 1 saturated carbocycles. The maximum atomic E-state index is 13.0. The largest absolute Gasteiger partial charge is 0.452 e. The lowest BCUT2D eigenvalue weighted by Gasteiger charge is -2.34. The van der Waals surface area contributed by atoms with Crippen LogP contribution in [0.1, 0.15) is 75.3 Å². The van der Waals surface area contributed by atoms with Gasteiger partial charge >= 0.3 is 5.97 Å². The molecule has 0 radical (unpaired) electrons. The van der Waals surface area contributed by atoms with E-state index in [9.17, 15) is 19.2 Å². The molecule has 3 atom stereocenters. The maximum absolute atomic E-state index is 13.0. The second-order valence-electron chi connectivity index (χ2n) is 8.45. The van der Waals surface area contributed by atoms with E-state index in [1.165, 1.54) is 12.1 Å². The number of carbonyl (C=O) groups is 4. The summed E-state index contributed by atoms with van der Waals surface area (Å²) in [7, 11) is 0. The topological polar surface area (TPSA) is 89.5 Å². The first-order chi connectivity index (χ1) is 14.9. The normalized spacial score (nSPS) is 22.3. The molecule has 1 fully saturated rings. The summed E-state index contributed by atoms with van der Waals surface area (Å²) in [5, 5.41) is 2.96. The highest BCUT2D eigenvalue weighted by Gasteiger charge is 2.33. The molecule has 2 aromatic rings. The number of hydrogen-bond donors (Lipinski definition) is 1. The molecule has 6 heteroatoms. The second-order valence-corrected chi connectivity index (χ2v) is 8.45. The van der Waals surface area contributed by atoms with Gasteiger partial charge in [-0.05, 0) is 24.3 Å². The SMILES string of the molecule is C[C@H]1[C@H](C)CCC[C@H]1NC(=O)COC(=O)c1cccc2c1C(=O)c1ccccc1C2=O. The first kappa shape index (κ1) is 21.0. The van der Waals surface area contributed by atoms with E-state index < -0.39 is 18.4 Å². The molecule has 1 amide bonds. The Kier molecular flexibility index (Phi) is 5.72. The van der Waals surface area contributed by atoms with Crippen LogP contribution in [0.3, 0.4) is 0 Å². The van der Waals surface area contributed by atoms with Crippen LogP contribution in [-0.4, -0.2) is 36.1 Å². The summed E-state index contributed by atoms with van der Waals surface area (Å²) in [5.41, 5.74) is 0.788. The third-order valence-corrected chi connectivity index (χ3v) is 6.56. The minimum atomic E-state index is -0.794. The van der Waals surface area contributed by atoms with Crippen LogP contribution in [0.5, 0.6) is 0 Å². The molecule has 160 valence electrons. The summed E-state index contributed by atoms with van der Waals surface area (Å²) < 4.78 is 5.22. The molecule has 2 aliphatic rings. The van der Waals surface area contributed by atoms with Crippen LogP contribution in [0, 0.1) is 11.8 Å². The Morgan fingerprint density at radius 2 is 1.61 bits per heavy atom. The van der Waals surface area contributed by atoms with E-state index in [2.05, 4.69) is 19.2 Å². The quantitative estimate of drug-likeness (QED) is 0.653. The summed E-state index contributed by atoms with van der Waals surface area (Å²) in [6.07, 6.45) is 3.12. The van der Waals surface area contributed by atoms with Crippen molar-refractivity contribution in [3.63, 3.8) is 0 Å². The summed E-state index contributed by atoms with van der Waals surface area (Å²) in [6.45, 7) is 3.87. The third kappa shape index (κ3) is 3.90. The van der Waals surface area contributed by atoms with Crippen LogP contribution >= 0.6 is 0 Å². The molecule has 0 bridgehead atoms. The van der Waals surface area contributed by atoms with E-state index in [1.54, 1.807) is 30.3 Å². The molecule has 6 nitrogen and oxygen atoms in total. The Morgan fingerprint density at radius 3 is 2.35 bits per heavy atom. The minimum absolute atomic E-state index is 0.00203. The smallest absolute Gasteiger partial charge is 0.339 e. The fourth-order valence-electron chi connectivity index (χ4n) is 4.56. The van der Waals surface area contributed by atoms with Crippen molar-refractivity contribution in [1.82, 2.24) is 5.32 Å². The Bertz CT molecular complexity index is 1070. The van der Waals surface area contributed by atoms with Gasteiger partial charge < -0.3 is 10.1 Å². The number of nitrogens with one attached hydrogen (secondary N) is 1. The van der Waals surface area contributed by atoms with Crippen molar-refractivity contribution < 1.29 is 23.9 Å². The van der Waals surface area contributed by atoms with E-state index in [4.69, 9.17) is 4.74 Å². The lowest BCUT2D eigenvalue weighted by Crippen LogP contribution is -2.45. The van der Waals surface area contributed by atoms with Gasteiger partial charge in [-0.25, -0.2) is 4.79 Å². The summed E-state index contributed by atoms with van der Waals surface area (Å²) >= 11 is 0. The number of rotatable bonds is 4. The Labute approximate surface area is 181 Å². The number of benzene rings is 2. The maximum Gasteiger partial charge on any atom is 0.339 e. The van der Waals surface area contributed by atoms with Crippen molar-refractivity contribution in [1.29, 1.82) is 0 Å². The van der Waals surface area contributed by atoms with Gasteiger partial charge in [0.05, 0.1) is 5.56 Å². The first-order valence-electron chi connectivity index (χ1n) is 10.7. The van der Waals surface area contributed by atoms with Gasteiger partial charge in [-0.15, -0.1) is 0 Å². The van der Waals surface area contributed by atoms with Crippen molar-refractivity contribution in [2.24, 2.45) is 11.8 Å². The van der Waals surface area contributed by atoms with Crippen LogP contribution in [-0.2, 0) is 9.53 Å². The van der Waals surface area contributed by atoms with Gasteiger partial charge in [0, 0.05) is 28.3 Å². The van der Waals surface area contributed by atoms with Gasteiger partial charge in [0.15, 0.2) is 18.2 Å². The number of fused-ring (bicyclic) bond motifs is 2. The predicted molar refractivity (Wildman–Crippen MR) is 114 cm³/mol. The zero-order valence-corrected chi connectivity index (χ0v) is 17.6. The molecule has 0 heterocycles. The number of amides is 1. The average Bonchev–Trinajstić information content (AvgIpc) is 2.78. The zero-order chi connectivity index (χ0) is 22.1. The van der Waals surface area contributed by atoms with Gasteiger partial charge in [0.2, 0.25) is 0 Å². The molecule has 4 rings (SSSR count). The van der Waals surface area contributed by atoms with E-state index in [0.717, 1.165) is 19.3 Å². The van der Waals surface area contributed by atoms with Crippen LogP contribution in [0.4, 0.5) is 0 Å². The summed E-state index contributed by atoms with van der Waals surface area (Å²) in [5.74, 6) is -0.971. The predicted octanol–water partition coefficient (Wildman–Crippen LogP) is 3.56. The molecule has 0 aromatic heterocycles. The Balaban J connectivity index is 1.48. The van der Waals surface area contributed by atoms with Crippen molar-refractivity contribution in [3.05, 3.63) is 70.3 Å². The van der Waals surface area contributed by atoms with Crippen LogP contribution in [0.25, 0.3) is 0 Å². The zero-order valence-electron chi connectivity index (χ0n) is 17.6. The molecule has 2 aromatic carbocycles. The highest BCUT2D eigenvalue weighted by molar-refractivity contribution is 6.30. The first-order valence-corrected chi connectivity index (χ1v) is 10.7. The molecule has 2 aliphatic carbocycles. The van der Waals surface area contributed by atoms with Crippen molar-refractivity contribution in [2.45, 2.75) is 39.2 Å². The second kappa shape index (κ2) is 8.46. The molecule has 0 spiro atoms. The van der Waals surface area contributed by atoms with Crippen LogP contribution in [0.15, 0.2) is 42.5 Å². The van der Waals surface area contributed by atoms with Crippen molar-refractivity contribution in [2.75, 3.05) is 6.61 Å². The number of carbonyl (C=O) groups excluding carboxylic acids is 4. The molecular weight excluding hydrogens is 394 g/mol. The number of hydrogen-bond acceptors (Lipinski definition) is 5. The van der Waals surface area contributed by atoms with Gasteiger partial charge in [-0.1, -0.05) is 63.1 Å². The van der Waals surface area contributed by atoms with E-state index in [0.29, 0.717) is 17.4 Å². The average molecular weight is 419 g/mol. The highest BCUT2D eigenvalue weighted by atomic mass is 16.5. The summed E-state index contributed by atoms with van der Waals surface area (Å²) in [6, 6.07) is 11.1. The Morgan fingerprint density at radius 1 is 0.935 bits per heavy atom. The van der Waals surface area contributed by atoms with Gasteiger partial charge in [-0.3, -0.25) is 14.4 Å². The third-order valence-electron chi connectivity index (χ3n) is 6.56. The van der Waals surface area contributed by atoms with Crippen LogP contribution in [0.2, 0.25) is 0 Å². The fraction of sp³-hybridized carbons (Fsp3) is 0.360. The summed E-state index contributed by atoms with van der Waals surface area (Å²) in [4.78, 5) is 50.9. The molecule has 1 N–H and O–H groups in total. The standard InChI is InChI=1S/C25H25NO5/c1-14-7-5-12-20(15(14)2)26-21(27)13-31-25(30)19-11-6-10-18-22(19)24(29)17-9-4-3-8-16(17)23(18)28/h3-4,6,8-11,14-15,20H,5,7,12-13H2,1-2H3,(H,26,27)/t14-,15+,20-/m1/s1. The fourth-order valence-corrected chi connectivity index (χ4v) is 4.56. The molecular formula is C25H25NO5. The molecule has 0 aliphatic heterocycles. The molecule has 0 unspecified atom stereocenters. The Hall–Kier alpha value is -3.28. The number of ketones is 2. The molecule has 0 saturated heterocycles. The van der Waals surface area contributed by atoms with E-state index in [1.807, 2.05) is 0 Å². The molecule has 31 heavy (non-hydrogen) atoms.